The first-order valence-corrected chi connectivity index (χ1v) is 4.36. The van der Waals surface area contributed by atoms with Crippen molar-refractivity contribution < 1.29 is 0 Å². The van der Waals surface area contributed by atoms with Crippen LogP contribution in [0.2, 0.25) is 0 Å². The summed E-state index contributed by atoms with van der Waals surface area (Å²) in [5.74, 6) is 0. The van der Waals surface area contributed by atoms with Crippen LogP contribution in [0.4, 0.5) is 0 Å². The molecular weight excluding hydrogens is 132 g/mol. The Hall–Kier alpha value is -0.780. The van der Waals surface area contributed by atoms with E-state index >= 15 is 0 Å². The fourth-order valence-corrected chi connectivity index (χ4v) is 0.484. The lowest BCUT2D eigenvalue weighted by Crippen LogP contribution is -1.57. The van der Waals surface area contributed by atoms with Crippen molar-refractivity contribution in [2.75, 3.05) is 0 Å². The van der Waals surface area contributed by atoms with Gasteiger partial charge in [0.25, 0.3) is 0 Å². The van der Waals surface area contributed by atoms with Crippen LogP contribution in [0, 0.1) is 0 Å². The molecule has 0 aliphatic carbocycles. The van der Waals surface area contributed by atoms with E-state index in [9.17, 15) is 0 Å². The standard InChI is InChI=1S/C9H14.C2H6/c1-3-5-7-9-8-6-4-2;1-2/h3,5,7-9H,1,4,6H2,2H3;1-2H3/b7-5-,9-8-;. The number of unbranched alkanes of at least 4 members (excludes halogenated alkanes) is 1. The van der Waals surface area contributed by atoms with E-state index in [0.717, 1.165) is 0 Å². The predicted octanol–water partition coefficient (Wildman–Crippen LogP) is 4.11. The third-order valence-corrected chi connectivity index (χ3v) is 0.950. The Kier molecular flexibility index (Phi) is 18.8. The second kappa shape index (κ2) is 16.1. The summed E-state index contributed by atoms with van der Waals surface area (Å²) in [4.78, 5) is 0. The van der Waals surface area contributed by atoms with E-state index in [0.29, 0.717) is 0 Å². The quantitative estimate of drug-likeness (QED) is 0.532. The molecule has 0 aromatic carbocycles. The molecule has 11 heavy (non-hydrogen) atoms. The topological polar surface area (TPSA) is 0 Å². The minimum Gasteiger partial charge on any atom is -0.0991 e. The van der Waals surface area contributed by atoms with Crippen LogP contribution in [-0.2, 0) is 0 Å². The highest BCUT2D eigenvalue weighted by atomic mass is 13.7. The molecular formula is C11H20. The number of hydrogen-bond donors (Lipinski definition) is 0. The van der Waals surface area contributed by atoms with Crippen molar-refractivity contribution in [3.8, 4) is 0 Å². The molecule has 64 valence electrons. The van der Waals surface area contributed by atoms with Crippen LogP contribution in [0.3, 0.4) is 0 Å². The molecule has 0 unspecified atom stereocenters. The highest BCUT2D eigenvalue weighted by Gasteiger charge is 1.67. The van der Waals surface area contributed by atoms with E-state index in [1.165, 1.54) is 12.8 Å². The summed E-state index contributed by atoms with van der Waals surface area (Å²) in [6.07, 6.45) is 12.3. The van der Waals surface area contributed by atoms with E-state index in [1.807, 2.05) is 32.1 Å². The lowest BCUT2D eigenvalue weighted by atomic mass is 10.3. The molecule has 0 saturated heterocycles. The molecule has 0 aliphatic rings. The van der Waals surface area contributed by atoms with Gasteiger partial charge >= 0.3 is 0 Å². The van der Waals surface area contributed by atoms with Crippen molar-refractivity contribution in [2.45, 2.75) is 33.6 Å². The molecule has 0 heteroatoms. The first kappa shape index (κ1) is 12.9. The predicted molar refractivity (Wildman–Crippen MR) is 54.7 cm³/mol. The Morgan fingerprint density at radius 3 is 2.18 bits per heavy atom. The van der Waals surface area contributed by atoms with Crippen LogP contribution in [0.15, 0.2) is 37.0 Å². The molecule has 0 aromatic rings. The van der Waals surface area contributed by atoms with Gasteiger partial charge in [0.2, 0.25) is 0 Å². The van der Waals surface area contributed by atoms with Crippen LogP contribution in [0.5, 0.6) is 0 Å². The average Bonchev–Trinajstić information content (AvgIpc) is 2.08. The molecule has 0 spiro atoms. The van der Waals surface area contributed by atoms with Crippen LogP contribution >= 0.6 is 0 Å². The third kappa shape index (κ3) is 17.6. The van der Waals surface area contributed by atoms with Crippen molar-refractivity contribution in [1.29, 1.82) is 0 Å². The summed E-state index contributed by atoms with van der Waals surface area (Å²) >= 11 is 0. The molecule has 0 heterocycles. The largest absolute Gasteiger partial charge is 0.0991 e. The van der Waals surface area contributed by atoms with E-state index in [2.05, 4.69) is 19.6 Å². The first-order chi connectivity index (χ1) is 5.41. The van der Waals surface area contributed by atoms with Crippen molar-refractivity contribution in [1.82, 2.24) is 0 Å². The Balaban J connectivity index is 0. The molecule has 0 amide bonds. The number of hydrogen-bond acceptors (Lipinski definition) is 0. The highest BCUT2D eigenvalue weighted by molar-refractivity contribution is 5.08. The van der Waals surface area contributed by atoms with Gasteiger partial charge in [-0.3, -0.25) is 0 Å². The summed E-state index contributed by atoms with van der Waals surface area (Å²) in [5, 5.41) is 0. The van der Waals surface area contributed by atoms with E-state index in [1.54, 1.807) is 6.08 Å². The van der Waals surface area contributed by atoms with Gasteiger partial charge in [0, 0.05) is 0 Å². The van der Waals surface area contributed by atoms with Crippen LogP contribution in [0.25, 0.3) is 0 Å². The summed E-state index contributed by atoms with van der Waals surface area (Å²) in [6.45, 7) is 9.73. The van der Waals surface area contributed by atoms with Crippen molar-refractivity contribution in [3.05, 3.63) is 37.0 Å². The summed E-state index contributed by atoms with van der Waals surface area (Å²) < 4.78 is 0. The zero-order chi connectivity index (χ0) is 8.95. The lowest BCUT2D eigenvalue weighted by molar-refractivity contribution is 0.959. The minimum absolute atomic E-state index is 1.17. The van der Waals surface area contributed by atoms with Gasteiger partial charge in [-0.1, -0.05) is 64.2 Å². The molecule has 0 fully saturated rings. The SMILES string of the molecule is C=C/C=C\C=C/CCC.CC. The van der Waals surface area contributed by atoms with Crippen molar-refractivity contribution in [3.63, 3.8) is 0 Å². The van der Waals surface area contributed by atoms with Gasteiger partial charge in [0.1, 0.15) is 0 Å². The van der Waals surface area contributed by atoms with Gasteiger partial charge in [-0.05, 0) is 6.42 Å². The summed E-state index contributed by atoms with van der Waals surface area (Å²) in [6, 6.07) is 0. The zero-order valence-electron chi connectivity index (χ0n) is 8.01. The highest BCUT2D eigenvalue weighted by Crippen LogP contribution is 1.88. The zero-order valence-corrected chi connectivity index (χ0v) is 8.01. The fraction of sp³-hybridized carbons (Fsp3) is 0.455. The molecule has 0 rings (SSSR count). The smallest absolute Gasteiger partial charge is 0.0350 e. The normalized spacial score (nSPS) is 9.73. The van der Waals surface area contributed by atoms with E-state index in [-0.39, 0.29) is 0 Å². The minimum atomic E-state index is 1.17. The summed E-state index contributed by atoms with van der Waals surface area (Å²) in [5.41, 5.74) is 0. The third-order valence-electron chi connectivity index (χ3n) is 0.950. The second-order valence-corrected chi connectivity index (χ2v) is 1.84. The van der Waals surface area contributed by atoms with Crippen molar-refractivity contribution in [2.24, 2.45) is 0 Å². The van der Waals surface area contributed by atoms with E-state index < -0.39 is 0 Å². The molecule has 0 bridgehead atoms. The second-order valence-electron chi connectivity index (χ2n) is 1.84. The maximum atomic E-state index is 3.56. The van der Waals surface area contributed by atoms with Gasteiger partial charge in [0.05, 0.1) is 0 Å². The summed E-state index contributed by atoms with van der Waals surface area (Å²) in [7, 11) is 0. The molecule has 0 radical (unpaired) electrons. The first-order valence-electron chi connectivity index (χ1n) is 4.36. The molecule has 0 nitrogen and oxygen atoms in total. The Bertz CT molecular complexity index is 107. The molecule has 0 saturated carbocycles. The van der Waals surface area contributed by atoms with Crippen LogP contribution < -0.4 is 0 Å². The molecule has 0 atom stereocenters. The Morgan fingerprint density at radius 2 is 1.73 bits per heavy atom. The van der Waals surface area contributed by atoms with Crippen molar-refractivity contribution >= 4 is 0 Å². The van der Waals surface area contributed by atoms with Gasteiger partial charge in [0.15, 0.2) is 0 Å². The lowest BCUT2D eigenvalue weighted by Gasteiger charge is -1.78. The van der Waals surface area contributed by atoms with E-state index in [4.69, 9.17) is 0 Å². The monoisotopic (exact) mass is 152 g/mol. The van der Waals surface area contributed by atoms with Crippen LogP contribution in [-0.4, -0.2) is 0 Å². The molecule has 0 aliphatic heterocycles. The van der Waals surface area contributed by atoms with Crippen LogP contribution in [0.1, 0.15) is 33.6 Å². The Labute approximate surface area is 71.3 Å². The Morgan fingerprint density at radius 1 is 1.09 bits per heavy atom. The molecule has 0 aromatic heterocycles. The fourth-order valence-electron chi connectivity index (χ4n) is 0.484. The van der Waals surface area contributed by atoms with Gasteiger partial charge in [-0.25, -0.2) is 0 Å². The van der Waals surface area contributed by atoms with Gasteiger partial charge in [-0.2, -0.15) is 0 Å². The maximum Gasteiger partial charge on any atom is -0.0350 e. The van der Waals surface area contributed by atoms with Gasteiger partial charge < -0.3 is 0 Å². The number of rotatable bonds is 4. The number of allylic oxidation sites excluding steroid dienone is 5. The average molecular weight is 152 g/mol. The maximum absolute atomic E-state index is 3.56. The molecule has 0 N–H and O–H groups in total. The van der Waals surface area contributed by atoms with Gasteiger partial charge in [-0.15, -0.1) is 0 Å².